The molecule has 0 amide bonds. The van der Waals surface area contributed by atoms with E-state index in [1.165, 1.54) is 12.8 Å². The molecule has 1 fully saturated rings. The predicted molar refractivity (Wildman–Crippen MR) is 63.7 cm³/mol. The summed E-state index contributed by atoms with van der Waals surface area (Å²) in [6.45, 7) is 6.83. The van der Waals surface area contributed by atoms with Gasteiger partial charge in [-0.1, -0.05) is 13.8 Å². The normalized spacial score (nSPS) is 15.5. The molecule has 0 aliphatic heterocycles. The molecule has 0 unspecified atom stereocenters. The van der Waals surface area contributed by atoms with Crippen molar-refractivity contribution < 1.29 is 5.11 Å². The van der Waals surface area contributed by atoms with Crippen molar-refractivity contribution in [2.75, 3.05) is 11.9 Å². The van der Waals surface area contributed by atoms with Gasteiger partial charge in [-0.3, -0.25) is 0 Å². The van der Waals surface area contributed by atoms with E-state index in [9.17, 15) is 5.11 Å². The second-order valence-electron chi connectivity index (χ2n) is 4.84. The minimum Gasteiger partial charge on any atom is -0.493 e. The van der Waals surface area contributed by atoms with Crippen molar-refractivity contribution in [3.63, 3.8) is 0 Å². The molecule has 1 heterocycles. The SMILES string of the molecule is Cc1nc(O)c(C(C)C)c(NCC2CC2)n1. The summed E-state index contributed by atoms with van der Waals surface area (Å²) in [5.41, 5.74) is 0.825. The first-order chi connectivity index (χ1) is 7.58. The average Bonchev–Trinajstić information content (AvgIpc) is 2.95. The Kier molecular flexibility index (Phi) is 2.99. The lowest BCUT2D eigenvalue weighted by atomic mass is 10.1. The highest BCUT2D eigenvalue weighted by Crippen LogP contribution is 2.32. The Hall–Kier alpha value is -1.32. The fraction of sp³-hybridized carbons (Fsp3) is 0.667. The number of nitrogens with zero attached hydrogens (tertiary/aromatic N) is 2. The molecule has 0 spiro atoms. The third-order valence-electron chi connectivity index (χ3n) is 2.87. The van der Waals surface area contributed by atoms with Crippen molar-refractivity contribution in [1.29, 1.82) is 0 Å². The molecule has 1 aromatic rings. The third-order valence-corrected chi connectivity index (χ3v) is 2.87. The second kappa shape index (κ2) is 4.28. The van der Waals surface area contributed by atoms with Crippen LogP contribution < -0.4 is 5.32 Å². The maximum atomic E-state index is 9.83. The van der Waals surface area contributed by atoms with Gasteiger partial charge in [0.1, 0.15) is 11.6 Å². The number of anilines is 1. The molecule has 0 saturated heterocycles. The minimum atomic E-state index is 0.112. The van der Waals surface area contributed by atoms with E-state index in [-0.39, 0.29) is 11.8 Å². The number of hydrogen-bond acceptors (Lipinski definition) is 4. The van der Waals surface area contributed by atoms with Crippen molar-refractivity contribution in [1.82, 2.24) is 9.97 Å². The highest BCUT2D eigenvalue weighted by molar-refractivity contribution is 5.51. The summed E-state index contributed by atoms with van der Waals surface area (Å²) in [7, 11) is 0. The Morgan fingerprint density at radius 3 is 2.62 bits per heavy atom. The van der Waals surface area contributed by atoms with Crippen molar-refractivity contribution >= 4 is 5.82 Å². The molecule has 0 atom stereocenters. The van der Waals surface area contributed by atoms with Crippen LogP contribution in [0.3, 0.4) is 0 Å². The number of hydrogen-bond donors (Lipinski definition) is 2. The van der Waals surface area contributed by atoms with Crippen LogP contribution in [0.5, 0.6) is 5.88 Å². The van der Waals surface area contributed by atoms with Crippen LogP contribution in [-0.4, -0.2) is 21.6 Å². The first-order valence-electron chi connectivity index (χ1n) is 5.89. The Morgan fingerprint density at radius 1 is 1.38 bits per heavy atom. The number of aromatic hydroxyl groups is 1. The molecule has 0 aromatic carbocycles. The average molecular weight is 221 g/mol. The quantitative estimate of drug-likeness (QED) is 0.820. The van der Waals surface area contributed by atoms with E-state index >= 15 is 0 Å². The lowest BCUT2D eigenvalue weighted by Gasteiger charge is -2.14. The number of aromatic nitrogens is 2. The molecule has 2 rings (SSSR count). The van der Waals surface area contributed by atoms with Crippen molar-refractivity contribution in [3.05, 3.63) is 11.4 Å². The summed E-state index contributed by atoms with van der Waals surface area (Å²) >= 11 is 0. The maximum absolute atomic E-state index is 9.83. The van der Waals surface area contributed by atoms with E-state index in [0.717, 1.165) is 23.8 Å². The van der Waals surface area contributed by atoms with E-state index < -0.39 is 0 Å². The molecule has 16 heavy (non-hydrogen) atoms. The van der Waals surface area contributed by atoms with Crippen LogP contribution in [0.25, 0.3) is 0 Å². The van der Waals surface area contributed by atoms with Crippen LogP contribution in [0.4, 0.5) is 5.82 Å². The van der Waals surface area contributed by atoms with Crippen LogP contribution in [0.2, 0.25) is 0 Å². The van der Waals surface area contributed by atoms with Gasteiger partial charge in [-0.15, -0.1) is 0 Å². The molecule has 1 aliphatic rings. The maximum Gasteiger partial charge on any atom is 0.219 e. The zero-order chi connectivity index (χ0) is 11.7. The summed E-state index contributed by atoms with van der Waals surface area (Å²) in [5, 5.41) is 13.2. The molecular weight excluding hydrogens is 202 g/mol. The molecule has 4 nitrogen and oxygen atoms in total. The van der Waals surface area contributed by atoms with Gasteiger partial charge in [-0.25, -0.2) is 4.98 Å². The smallest absolute Gasteiger partial charge is 0.219 e. The first-order valence-corrected chi connectivity index (χ1v) is 5.89. The summed E-state index contributed by atoms with van der Waals surface area (Å²) in [6, 6.07) is 0. The molecule has 88 valence electrons. The monoisotopic (exact) mass is 221 g/mol. The van der Waals surface area contributed by atoms with Crippen molar-refractivity contribution in [3.8, 4) is 5.88 Å². The van der Waals surface area contributed by atoms with Gasteiger partial charge in [0, 0.05) is 6.54 Å². The van der Waals surface area contributed by atoms with E-state index in [4.69, 9.17) is 0 Å². The van der Waals surface area contributed by atoms with Gasteiger partial charge in [0.05, 0.1) is 5.56 Å². The minimum absolute atomic E-state index is 0.112. The van der Waals surface area contributed by atoms with Crippen molar-refractivity contribution in [2.45, 2.75) is 39.5 Å². The zero-order valence-corrected chi connectivity index (χ0v) is 10.1. The fourth-order valence-corrected chi connectivity index (χ4v) is 1.80. The van der Waals surface area contributed by atoms with Gasteiger partial charge in [-0.05, 0) is 31.6 Å². The Morgan fingerprint density at radius 2 is 2.06 bits per heavy atom. The number of rotatable bonds is 4. The van der Waals surface area contributed by atoms with Gasteiger partial charge in [-0.2, -0.15) is 4.98 Å². The summed E-state index contributed by atoms with van der Waals surface area (Å²) in [5.74, 6) is 2.53. The lowest BCUT2D eigenvalue weighted by molar-refractivity contribution is 0.439. The molecule has 0 radical (unpaired) electrons. The number of nitrogens with one attached hydrogen (secondary N) is 1. The largest absolute Gasteiger partial charge is 0.493 e. The van der Waals surface area contributed by atoms with Gasteiger partial charge in [0.15, 0.2) is 0 Å². The second-order valence-corrected chi connectivity index (χ2v) is 4.84. The number of aryl methyl sites for hydroxylation is 1. The molecule has 1 saturated carbocycles. The van der Waals surface area contributed by atoms with E-state index in [1.807, 2.05) is 13.8 Å². The van der Waals surface area contributed by atoms with Gasteiger partial charge >= 0.3 is 0 Å². The van der Waals surface area contributed by atoms with E-state index in [0.29, 0.717) is 5.82 Å². The molecule has 1 aromatic heterocycles. The molecule has 2 N–H and O–H groups in total. The Bertz CT molecular complexity index is 386. The lowest BCUT2D eigenvalue weighted by Crippen LogP contribution is -2.10. The van der Waals surface area contributed by atoms with Crippen LogP contribution in [0.15, 0.2) is 0 Å². The van der Waals surface area contributed by atoms with Crippen LogP contribution in [-0.2, 0) is 0 Å². The fourth-order valence-electron chi connectivity index (χ4n) is 1.80. The predicted octanol–water partition coefficient (Wildman–Crippen LogP) is 2.44. The van der Waals surface area contributed by atoms with E-state index in [2.05, 4.69) is 15.3 Å². The molecular formula is C12H19N3O. The molecule has 0 bridgehead atoms. The standard InChI is InChI=1S/C12H19N3O/c1-7(2)10-11(13-6-9-4-5-9)14-8(3)15-12(10)16/h7,9H,4-6H2,1-3H3,(H2,13,14,15,16). The van der Waals surface area contributed by atoms with Gasteiger partial charge in [0.25, 0.3) is 0 Å². The Balaban J connectivity index is 2.24. The summed E-state index contributed by atoms with van der Waals surface area (Å²) in [4.78, 5) is 8.38. The highest BCUT2D eigenvalue weighted by atomic mass is 16.3. The van der Waals surface area contributed by atoms with E-state index in [1.54, 1.807) is 6.92 Å². The third kappa shape index (κ3) is 2.43. The molecule has 1 aliphatic carbocycles. The summed E-state index contributed by atoms with van der Waals surface area (Å²) < 4.78 is 0. The highest BCUT2D eigenvalue weighted by Gasteiger charge is 2.22. The van der Waals surface area contributed by atoms with Gasteiger partial charge < -0.3 is 10.4 Å². The zero-order valence-electron chi connectivity index (χ0n) is 10.1. The van der Waals surface area contributed by atoms with Crippen LogP contribution in [0.1, 0.15) is 44.0 Å². The van der Waals surface area contributed by atoms with Gasteiger partial charge in [0.2, 0.25) is 5.88 Å². The van der Waals surface area contributed by atoms with Crippen molar-refractivity contribution in [2.24, 2.45) is 5.92 Å². The topological polar surface area (TPSA) is 58.0 Å². The van der Waals surface area contributed by atoms with Crippen LogP contribution >= 0.6 is 0 Å². The van der Waals surface area contributed by atoms with Crippen LogP contribution in [0, 0.1) is 12.8 Å². The Labute approximate surface area is 96.1 Å². The summed E-state index contributed by atoms with van der Waals surface area (Å²) in [6.07, 6.45) is 2.61. The molecule has 4 heteroatoms. The first kappa shape index (κ1) is 11.2.